The fourth-order valence-corrected chi connectivity index (χ4v) is 0.954. The van der Waals surface area contributed by atoms with Crippen LogP contribution in [0.15, 0.2) is 5.10 Å². The van der Waals surface area contributed by atoms with Gasteiger partial charge in [0.1, 0.15) is 0 Å². The third-order valence-corrected chi connectivity index (χ3v) is 1.98. The number of amidine groups is 2. The van der Waals surface area contributed by atoms with Crippen molar-refractivity contribution in [2.45, 2.75) is 6.92 Å². The van der Waals surface area contributed by atoms with Crippen molar-refractivity contribution < 1.29 is 32.0 Å². The Kier molecular flexibility index (Phi) is 3.69. The second-order valence-electron chi connectivity index (χ2n) is 2.14. The van der Waals surface area contributed by atoms with Crippen molar-refractivity contribution >= 4 is 23.6 Å². The van der Waals surface area contributed by atoms with Crippen LogP contribution in [0.4, 0.5) is 0 Å². The number of hydrogen-bond acceptors (Lipinski definition) is 2. The molecule has 1 heterocycles. The van der Waals surface area contributed by atoms with Crippen LogP contribution in [0, 0.1) is 0 Å². The summed E-state index contributed by atoms with van der Waals surface area (Å²) in [5.41, 5.74) is 0. The first-order chi connectivity index (χ1) is 4.13. The average molecular weight is 341 g/mol. The van der Waals surface area contributed by atoms with Gasteiger partial charge >= 0.3 is 28.2 Å². The molecule has 60 valence electrons. The summed E-state index contributed by atoms with van der Waals surface area (Å²) >= 11 is 4.93. The summed E-state index contributed by atoms with van der Waals surface area (Å²) in [4.78, 5) is 1.12. The average Bonchev–Trinajstić information content (AvgIpc) is 1.98. The van der Waals surface area contributed by atoms with Gasteiger partial charge in [-0.3, -0.25) is 0 Å². The van der Waals surface area contributed by atoms with Crippen molar-refractivity contribution in [1.82, 2.24) is 0 Å². The maximum Gasteiger partial charge on any atom is 1.00 e. The molecule has 0 radical (unpaired) electrons. The van der Waals surface area contributed by atoms with Gasteiger partial charge in [-0.25, -0.2) is 4.90 Å². The van der Waals surface area contributed by atoms with Gasteiger partial charge in [-0.1, -0.05) is 0 Å². The van der Waals surface area contributed by atoms with E-state index in [1.165, 1.54) is 0 Å². The number of nitrogens with zero attached hydrogens (tertiary/aromatic N) is 2. The molecule has 0 spiro atoms. The second-order valence-corrected chi connectivity index (χ2v) is 2.53. The largest absolute Gasteiger partial charge is 1.00 e. The van der Waals surface area contributed by atoms with Gasteiger partial charge in [-0.2, -0.15) is 0 Å². The number of hydrogen-bond donors (Lipinski definition) is 1. The Hall–Kier alpha value is 0.260. The molecule has 1 rings (SSSR count). The quantitative estimate of drug-likeness (QED) is 0.319. The molecule has 0 aromatic heterocycles. The molecule has 0 fully saturated rings. The molecular weight excluding hydrogens is 331 g/mol. The summed E-state index contributed by atoms with van der Waals surface area (Å²) in [6, 6.07) is 0. The first kappa shape index (κ1) is 10.3. The van der Waals surface area contributed by atoms with Crippen molar-refractivity contribution in [3.05, 3.63) is 0 Å². The molecule has 0 amide bonds. The van der Waals surface area contributed by atoms with Gasteiger partial charge in [0.15, 0.2) is 12.2 Å². The summed E-state index contributed by atoms with van der Waals surface area (Å²) < 4.78 is 1.80. The number of nitrogens with one attached hydrogen (secondary N) is 1. The Bertz CT molecular complexity index is 199. The minimum absolute atomic E-state index is 0. The van der Waals surface area contributed by atoms with E-state index in [0.29, 0.717) is 0 Å². The Morgan fingerprint density at radius 1 is 1.60 bits per heavy atom. The van der Waals surface area contributed by atoms with E-state index in [2.05, 4.69) is 5.10 Å². The van der Waals surface area contributed by atoms with Crippen LogP contribution in [0.3, 0.4) is 0 Å². The summed E-state index contributed by atoms with van der Waals surface area (Å²) in [6.45, 7) is 2.01. The maximum absolute atomic E-state index is 4.93. The van der Waals surface area contributed by atoms with Gasteiger partial charge in [0, 0.05) is 5.10 Å². The van der Waals surface area contributed by atoms with Gasteiger partial charge in [0.2, 0.25) is 0 Å². The zero-order valence-corrected chi connectivity index (χ0v) is 9.09. The van der Waals surface area contributed by atoms with Gasteiger partial charge in [-0.15, -0.1) is 0 Å². The molecular formula is C5H10AuN3S+2. The molecule has 3 nitrogen and oxygen atoms in total. The van der Waals surface area contributed by atoms with Crippen molar-refractivity contribution in [3.63, 3.8) is 0 Å². The zero-order valence-electron chi connectivity index (χ0n) is 6.10. The Balaban J connectivity index is 0.000000810. The first-order valence-corrected chi connectivity index (χ1v) is 3.21. The smallest absolute Gasteiger partial charge is 0.693 e. The van der Waals surface area contributed by atoms with Gasteiger partial charge < -0.3 is 12.6 Å². The van der Waals surface area contributed by atoms with Crippen LogP contribution in [0.1, 0.15) is 6.92 Å². The molecule has 1 aliphatic rings. The fourth-order valence-electron chi connectivity index (χ4n) is 0.684. The molecule has 0 saturated carbocycles. The fraction of sp³-hybridized carbons (Fsp3) is 0.600. The van der Waals surface area contributed by atoms with Gasteiger partial charge in [0.25, 0.3) is 0 Å². The van der Waals surface area contributed by atoms with E-state index in [1.54, 1.807) is 4.68 Å². The van der Waals surface area contributed by atoms with E-state index in [1.807, 2.05) is 21.0 Å². The van der Waals surface area contributed by atoms with Gasteiger partial charge in [0.05, 0.1) is 14.0 Å². The number of quaternary nitrogens is 1. The van der Waals surface area contributed by atoms with E-state index in [4.69, 9.17) is 12.6 Å². The third kappa shape index (κ3) is 1.65. The van der Waals surface area contributed by atoms with Crippen molar-refractivity contribution in [2.75, 3.05) is 14.1 Å². The molecule has 10 heavy (non-hydrogen) atoms. The third-order valence-electron chi connectivity index (χ3n) is 1.59. The molecule has 0 aliphatic carbocycles. The molecule has 0 aromatic carbocycles. The van der Waals surface area contributed by atoms with E-state index >= 15 is 0 Å². The molecule has 0 saturated heterocycles. The van der Waals surface area contributed by atoms with Crippen LogP contribution in [0.25, 0.3) is 0 Å². The van der Waals surface area contributed by atoms with Crippen LogP contribution >= 0.6 is 0 Å². The summed E-state index contributed by atoms with van der Waals surface area (Å²) in [5.74, 6) is 1.15. The minimum Gasteiger partial charge on any atom is -0.693 e. The van der Waals surface area contributed by atoms with Crippen LogP contribution < -0.4 is 4.90 Å². The van der Waals surface area contributed by atoms with Crippen molar-refractivity contribution in [1.29, 1.82) is 0 Å². The first-order valence-electron chi connectivity index (χ1n) is 2.80. The van der Waals surface area contributed by atoms with E-state index in [-0.39, 0.29) is 22.4 Å². The SMILES string of the molecule is CC1=[N+](C)N=C([S-])[NH+]1C.[Au+]. The Labute approximate surface area is 81.7 Å². The molecule has 0 aromatic rings. The Morgan fingerprint density at radius 2 is 2.10 bits per heavy atom. The predicted molar refractivity (Wildman–Crippen MR) is 38.6 cm³/mol. The van der Waals surface area contributed by atoms with E-state index in [0.717, 1.165) is 15.9 Å². The van der Waals surface area contributed by atoms with Crippen LogP contribution in [-0.4, -0.2) is 29.8 Å². The summed E-state index contributed by atoms with van der Waals surface area (Å²) in [7, 11) is 3.89. The van der Waals surface area contributed by atoms with Crippen LogP contribution in [0.5, 0.6) is 0 Å². The number of rotatable bonds is 0. The van der Waals surface area contributed by atoms with Crippen LogP contribution in [-0.2, 0) is 35.0 Å². The van der Waals surface area contributed by atoms with Crippen LogP contribution in [0.2, 0.25) is 0 Å². The molecule has 1 N–H and O–H groups in total. The number of hydrazone groups is 1. The summed E-state index contributed by atoms with van der Waals surface area (Å²) in [5, 5.41) is 4.76. The second kappa shape index (κ2) is 3.59. The minimum atomic E-state index is 0. The molecule has 1 unspecified atom stereocenters. The monoisotopic (exact) mass is 341 g/mol. The maximum atomic E-state index is 4.93. The molecule has 1 atom stereocenters. The molecule has 0 bridgehead atoms. The van der Waals surface area contributed by atoms with Gasteiger partial charge in [-0.05, 0) is 4.68 Å². The molecule has 1 aliphatic heterocycles. The standard InChI is InChI=1S/C5H9N3S.Au/c1-4-7(2)5(9)6-8(4)3;/h1-3H3;/q;+1/p+1. The Morgan fingerprint density at radius 3 is 2.20 bits per heavy atom. The topological polar surface area (TPSA) is 19.8 Å². The van der Waals surface area contributed by atoms with E-state index in [9.17, 15) is 0 Å². The summed E-state index contributed by atoms with van der Waals surface area (Å²) in [6.07, 6.45) is 0. The van der Waals surface area contributed by atoms with Crippen molar-refractivity contribution in [3.8, 4) is 0 Å². The normalized spacial score (nSPS) is 24.3. The predicted octanol–water partition coefficient (Wildman–Crippen LogP) is -1.61. The van der Waals surface area contributed by atoms with E-state index < -0.39 is 0 Å². The molecule has 5 heteroatoms. The zero-order chi connectivity index (χ0) is 7.02. The van der Waals surface area contributed by atoms with Crippen molar-refractivity contribution in [2.24, 2.45) is 5.10 Å².